The number of anilines is 1. The summed E-state index contributed by atoms with van der Waals surface area (Å²) in [5.74, 6) is 1.12. The Kier molecular flexibility index (Phi) is 9.38. The summed E-state index contributed by atoms with van der Waals surface area (Å²) in [6, 6.07) is 2.60. The number of hydrogen-bond acceptors (Lipinski definition) is 4. The van der Waals surface area contributed by atoms with Crippen LogP contribution in [0.4, 0.5) is 19.0 Å². The number of nitrogens with one attached hydrogen (secondary N) is 2. The zero-order valence-corrected chi connectivity index (χ0v) is 20.0. The number of nitrogens with zero attached hydrogens (tertiary/aromatic N) is 5. The Bertz CT molecular complexity index is 826. The molecular weight excluding hydrogens is 522 g/mol. The van der Waals surface area contributed by atoms with Gasteiger partial charge in [0.05, 0.1) is 24.5 Å². The van der Waals surface area contributed by atoms with Crippen LogP contribution in [0.1, 0.15) is 31.9 Å². The van der Waals surface area contributed by atoms with E-state index in [9.17, 15) is 13.2 Å². The second kappa shape index (κ2) is 11.5. The lowest BCUT2D eigenvalue weighted by molar-refractivity contribution is -0.137. The molecule has 0 amide bonds. The van der Waals surface area contributed by atoms with Gasteiger partial charge in [0.1, 0.15) is 5.82 Å². The Morgan fingerprint density at radius 3 is 2.81 bits per heavy atom. The zero-order chi connectivity index (χ0) is 21.6. The van der Waals surface area contributed by atoms with E-state index in [2.05, 4.69) is 42.0 Å². The molecule has 2 N–H and O–H groups in total. The van der Waals surface area contributed by atoms with Gasteiger partial charge < -0.3 is 20.1 Å². The lowest BCUT2D eigenvalue weighted by atomic mass is 9.93. The molecule has 0 bridgehead atoms. The third kappa shape index (κ3) is 6.71. The fraction of sp³-hybridized carbons (Fsp3) is 0.550. The zero-order valence-electron chi connectivity index (χ0n) is 17.6. The fourth-order valence-electron chi connectivity index (χ4n) is 3.63. The van der Waals surface area contributed by atoms with Crippen molar-refractivity contribution >= 4 is 35.8 Å². The summed E-state index contributed by atoms with van der Waals surface area (Å²) in [6.45, 7) is 7.21. The Labute approximate surface area is 197 Å². The smallest absolute Gasteiger partial charge is 0.368 e. The molecule has 0 saturated carbocycles. The largest absolute Gasteiger partial charge is 0.419 e. The first kappa shape index (κ1) is 25.2. The number of likely N-dealkylation sites (tertiary alicyclic amines) is 1. The molecule has 172 valence electrons. The maximum Gasteiger partial charge on any atom is 0.419 e. The van der Waals surface area contributed by atoms with Gasteiger partial charge in [-0.25, -0.2) is 9.97 Å². The molecule has 2 unspecified atom stereocenters. The molecule has 0 aromatic carbocycles. The van der Waals surface area contributed by atoms with Crippen molar-refractivity contribution in [1.29, 1.82) is 0 Å². The molecule has 0 spiro atoms. The van der Waals surface area contributed by atoms with Crippen molar-refractivity contribution in [2.75, 3.05) is 38.0 Å². The van der Waals surface area contributed by atoms with Crippen molar-refractivity contribution in [2.45, 2.75) is 32.5 Å². The number of aliphatic imine (C=N–C) groups is 1. The van der Waals surface area contributed by atoms with Crippen LogP contribution in [0.5, 0.6) is 0 Å². The van der Waals surface area contributed by atoms with Crippen LogP contribution in [0.15, 0.2) is 42.0 Å². The second-order valence-corrected chi connectivity index (χ2v) is 7.35. The van der Waals surface area contributed by atoms with Gasteiger partial charge in [0.25, 0.3) is 0 Å². The summed E-state index contributed by atoms with van der Waals surface area (Å²) >= 11 is 0. The molecule has 2 atom stereocenters. The first-order valence-corrected chi connectivity index (χ1v) is 10.2. The van der Waals surface area contributed by atoms with Crippen LogP contribution in [-0.4, -0.2) is 58.1 Å². The van der Waals surface area contributed by atoms with Gasteiger partial charge in [-0.3, -0.25) is 4.99 Å². The summed E-state index contributed by atoms with van der Waals surface area (Å²) in [7, 11) is 0. The average Bonchev–Trinajstić information content (AvgIpc) is 3.25. The van der Waals surface area contributed by atoms with E-state index >= 15 is 0 Å². The number of guanidine groups is 1. The van der Waals surface area contributed by atoms with Crippen LogP contribution in [0.3, 0.4) is 0 Å². The highest BCUT2D eigenvalue weighted by Crippen LogP contribution is 2.33. The summed E-state index contributed by atoms with van der Waals surface area (Å²) in [5.41, 5.74) is -0.769. The fourth-order valence-corrected chi connectivity index (χ4v) is 3.63. The van der Waals surface area contributed by atoms with Gasteiger partial charge >= 0.3 is 6.18 Å². The number of aromatic nitrogens is 3. The number of hydrogen-bond donors (Lipinski definition) is 2. The van der Waals surface area contributed by atoms with Gasteiger partial charge in [0, 0.05) is 44.8 Å². The van der Waals surface area contributed by atoms with Crippen molar-refractivity contribution in [3.05, 3.63) is 42.6 Å². The predicted molar refractivity (Wildman–Crippen MR) is 126 cm³/mol. The van der Waals surface area contributed by atoms with Crippen LogP contribution in [0.25, 0.3) is 0 Å². The highest BCUT2D eigenvalue weighted by molar-refractivity contribution is 14.0. The lowest BCUT2D eigenvalue weighted by Gasteiger charge is -2.39. The number of piperidine rings is 1. The third-order valence-corrected chi connectivity index (χ3v) is 5.24. The van der Waals surface area contributed by atoms with E-state index in [1.54, 1.807) is 6.20 Å². The summed E-state index contributed by atoms with van der Waals surface area (Å²) in [4.78, 5) is 14.8. The van der Waals surface area contributed by atoms with Crippen molar-refractivity contribution in [2.24, 2.45) is 10.9 Å². The molecule has 1 saturated heterocycles. The molecule has 2 aromatic rings. The van der Waals surface area contributed by atoms with E-state index < -0.39 is 11.7 Å². The number of halogens is 4. The van der Waals surface area contributed by atoms with Crippen molar-refractivity contribution in [3.8, 4) is 0 Å². The number of alkyl halides is 3. The summed E-state index contributed by atoms with van der Waals surface area (Å²) in [5, 5.41) is 6.06. The quantitative estimate of drug-likeness (QED) is 0.247. The Hall–Kier alpha value is -2.05. The lowest BCUT2D eigenvalue weighted by Crippen LogP contribution is -2.49. The molecule has 0 radical (unpaired) electrons. The van der Waals surface area contributed by atoms with Gasteiger partial charge in [-0.05, 0) is 31.4 Å². The summed E-state index contributed by atoms with van der Waals surface area (Å²) < 4.78 is 41.4. The standard InChI is InChI=1S/C20H28F3N7.HI/c1-3-25-19(29-11-6-15(2)17(13-29)30-12-10-24-14-30)28-9-8-27-18-16(20(21,22)23)5-4-7-26-18;/h4-5,7,10,12,14-15,17H,3,6,8-9,11,13H2,1-2H3,(H,25,28)(H,26,27);1H. The molecule has 31 heavy (non-hydrogen) atoms. The topological polar surface area (TPSA) is 70.4 Å². The van der Waals surface area contributed by atoms with E-state index in [1.165, 1.54) is 12.3 Å². The van der Waals surface area contributed by atoms with Gasteiger partial charge in [0.15, 0.2) is 5.96 Å². The molecular formula is C20H29F3IN7. The van der Waals surface area contributed by atoms with E-state index in [-0.39, 0.29) is 36.3 Å². The third-order valence-electron chi connectivity index (χ3n) is 5.24. The van der Waals surface area contributed by atoms with Gasteiger partial charge in [0.2, 0.25) is 0 Å². The molecule has 1 aliphatic heterocycles. The van der Waals surface area contributed by atoms with E-state index in [4.69, 9.17) is 0 Å². The van der Waals surface area contributed by atoms with Crippen molar-refractivity contribution in [3.63, 3.8) is 0 Å². The van der Waals surface area contributed by atoms with Crippen LogP contribution in [-0.2, 0) is 6.18 Å². The minimum atomic E-state index is -4.44. The van der Waals surface area contributed by atoms with Gasteiger partial charge in [-0.1, -0.05) is 6.92 Å². The minimum absolute atomic E-state index is 0. The van der Waals surface area contributed by atoms with Crippen LogP contribution < -0.4 is 10.6 Å². The highest BCUT2D eigenvalue weighted by atomic mass is 127. The average molecular weight is 551 g/mol. The van der Waals surface area contributed by atoms with E-state index in [1.807, 2.05) is 19.4 Å². The monoisotopic (exact) mass is 551 g/mol. The molecule has 1 fully saturated rings. The SMILES string of the molecule is CCNC(=NCCNc1ncccc1C(F)(F)F)N1CCC(C)C(n2ccnc2)C1.I. The molecule has 7 nitrogen and oxygen atoms in total. The number of imidazole rings is 1. The number of rotatable bonds is 6. The second-order valence-electron chi connectivity index (χ2n) is 7.35. The van der Waals surface area contributed by atoms with Crippen LogP contribution >= 0.6 is 24.0 Å². The maximum atomic E-state index is 13.1. The first-order chi connectivity index (χ1) is 14.4. The Morgan fingerprint density at radius 2 is 2.13 bits per heavy atom. The molecule has 2 aromatic heterocycles. The molecule has 3 heterocycles. The molecule has 0 aliphatic carbocycles. The predicted octanol–water partition coefficient (Wildman–Crippen LogP) is 3.88. The first-order valence-electron chi connectivity index (χ1n) is 10.2. The Balaban J connectivity index is 0.00000341. The molecule has 1 aliphatic rings. The minimum Gasteiger partial charge on any atom is -0.368 e. The molecule has 3 rings (SSSR count). The van der Waals surface area contributed by atoms with Crippen molar-refractivity contribution in [1.82, 2.24) is 24.8 Å². The highest BCUT2D eigenvalue weighted by Gasteiger charge is 2.34. The van der Waals surface area contributed by atoms with Crippen LogP contribution in [0.2, 0.25) is 0 Å². The number of pyridine rings is 1. The van der Waals surface area contributed by atoms with Gasteiger partial charge in [-0.15, -0.1) is 24.0 Å². The normalized spacial score (nSPS) is 19.6. The van der Waals surface area contributed by atoms with Crippen molar-refractivity contribution < 1.29 is 13.2 Å². The van der Waals surface area contributed by atoms with Crippen LogP contribution in [0, 0.1) is 5.92 Å². The van der Waals surface area contributed by atoms with E-state index in [0.29, 0.717) is 25.0 Å². The summed E-state index contributed by atoms with van der Waals surface area (Å²) in [6.07, 6.45) is 3.52. The van der Waals surface area contributed by atoms with E-state index in [0.717, 1.165) is 31.5 Å². The Morgan fingerprint density at radius 1 is 1.32 bits per heavy atom. The molecule has 11 heteroatoms. The maximum absolute atomic E-state index is 13.1. The van der Waals surface area contributed by atoms with Gasteiger partial charge in [-0.2, -0.15) is 13.2 Å².